The Morgan fingerprint density at radius 1 is 1.17 bits per heavy atom. The number of fused-ring (bicyclic) bond motifs is 2. The Bertz CT molecular complexity index is 1490. The zero-order chi connectivity index (χ0) is 24.2. The van der Waals surface area contributed by atoms with E-state index in [9.17, 15) is 9.90 Å². The minimum absolute atomic E-state index is 0.131. The van der Waals surface area contributed by atoms with Crippen LogP contribution in [-0.2, 0) is 23.3 Å². The first-order valence-corrected chi connectivity index (χ1v) is 11.8. The molecule has 0 spiro atoms. The lowest BCUT2D eigenvalue weighted by atomic mass is 9.97. The van der Waals surface area contributed by atoms with E-state index in [-0.39, 0.29) is 24.8 Å². The SMILES string of the molecule is CC(C)n1c(=O)c2cnc(Nc3ccc4c(c3)CNCC4)nc2n1-c1ccnc(C2(O)COC2)c1. The molecule has 2 aliphatic rings. The van der Waals surface area contributed by atoms with E-state index >= 15 is 0 Å². The van der Waals surface area contributed by atoms with Gasteiger partial charge in [0, 0.05) is 30.7 Å². The molecule has 1 aromatic carbocycles. The summed E-state index contributed by atoms with van der Waals surface area (Å²) in [5.41, 5.74) is 3.86. The van der Waals surface area contributed by atoms with Crippen LogP contribution in [-0.4, -0.2) is 49.2 Å². The maximum absolute atomic E-state index is 13.3. The molecule has 0 unspecified atom stereocenters. The highest BCUT2D eigenvalue weighted by atomic mass is 16.5. The molecule has 3 N–H and O–H groups in total. The van der Waals surface area contributed by atoms with Gasteiger partial charge in [-0.05, 0) is 62.2 Å². The topological polar surface area (TPSA) is 119 Å². The largest absolute Gasteiger partial charge is 0.379 e. The molecule has 0 bridgehead atoms. The molecule has 0 atom stereocenters. The van der Waals surface area contributed by atoms with Gasteiger partial charge in [0.2, 0.25) is 5.95 Å². The molecular weight excluding hydrogens is 446 g/mol. The van der Waals surface area contributed by atoms with E-state index in [0.717, 1.165) is 25.2 Å². The predicted molar refractivity (Wildman–Crippen MR) is 131 cm³/mol. The standard InChI is InChI=1S/C25H27N7O3/c1-15(2)31-23(33)20-12-28-24(29-18-4-3-16-5-7-26-11-17(16)9-18)30-22(20)32(31)19-6-8-27-21(10-19)25(34)13-35-14-25/h3-4,6,8-10,12,15,26,34H,5,7,11,13-14H2,1-2H3,(H,28,29,30). The summed E-state index contributed by atoms with van der Waals surface area (Å²) in [6.07, 6.45) is 4.21. The lowest BCUT2D eigenvalue weighted by Gasteiger charge is -2.35. The molecule has 6 rings (SSSR count). The van der Waals surface area contributed by atoms with E-state index in [2.05, 4.69) is 32.7 Å². The van der Waals surface area contributed by atoms with Gasteiger partial charge in [-0.25, -0.2) is 14.3 Å². The van der Waals surface area contributed by atoms with Crippen LogP contribution in [0, 0.1) is 0 Å². The summed E-state index contributed by atoms with van der Waals surface area (Å²) in [5.74, 6) is 0.399. The summed E-state index contributed by atoms with van der Waals surface area (Å²) in [4.78, 5) is 26.8. The molecule has 0 amide bonds. The predicted octanol–water partition coefficient (Wildman–Crippen LogP) is 2.17. The second-order valence-electron chi connectivity index (χ2n) is 9.45. The van der Waals surface area contributed by atoms with E-state index in [1.165, 1.54) is 11.1 Å². The Labute approximate surface area is 201 Å². The Morgan fingerprint density at radius 3 is 2.80 bits per heavy atom. The van der Waals surface area contributed by atoms with Crippen LogP contribution in [0.4, 0.5) is 11.6 Å². The highest BCUT2D eigenvalue weighted by Gasteiger charge is 2.39. The van der Waals surface area contributed by atoms with Crippen molar-refractivity contribution in [1.29, 1.82) is 0 Å². The first-order valence-electron chi connectivity index (χ1n) is 11.8. The number of aliphatic hydroxyl groups is 1. The van der Waals surface area contributed by atoms with Gasteiger partial charge in [0.1, 0.15) is 5.39 Å². The van der Waals surface area contributed by atoms with Gasteiger partial charge in [-0.1, -0.05) is 6.07 Å². The smallest absolute Gasteiger partial charge is 0.278 e. The van der Waals surface area contributed by atoms with Crippen LogP contribution in [0.1, 0.15) is 36.7 Å². The van der Waals surface area contributed by atoms with Crippen molar-refractivity contribution < 1.29 is 9.84 Å². The monoisotopic (exact) mass is 473 g/mol. The Hall–Kier alpha value is -3.60. The Kier molecular flexibility index (Phi) is 5.17. The van der Waals surface area contributed by atoms with Crippen molar-refractivity contribution in [2.75, 3.05) is 25.1 Å². The van der Waals surface area contributed by atoms with Gasteiger partial charge in [0.15, 0.2) is 11.2 Å². The third kappa shape index (κ3) is 3.70. The molecule has 0 saturated carbocycles. The summed E-state index contributed by atoms with van der Waals surface area (Å²) in [6.45, 7) is 6.10. The first kappa shape index (κ1) is 21.9. The third-order valence-electron chi connectivity index (χ3n) is 6.61. The van der Waals surface area contributed by atoms with Gasteiger partial charge < -0.3 is 20.5 Å². The van der Waals surface area contributed by atoms with Gasteiger partial charge in [-0.3, -0.25) is 9.78 Å². The number of pyridine rings is 1. The molecule has 1 saturated heterocycles. The average molecular weight is 474 g/mol. The van der Waals surface area contributed by atoms with Crippen molar-refractivity contribution in [2.24, 2.45) is 0 Å². The van der Waals surface area contributed by atoms with E-state index in [4.69, 9.17) is 9.72 Å². The van der Waals surface area contributed by atoms with Crippen molar-refractivity contribution in [3.63, 3.8) is 0 Å². The zero-order valence-corrected chi connectivity index (χ0v) is 19.7. The summed E-state index contributed by atoms with van der Waals surface area (Å²) in [6, 6.07) is 9.73. The van der Waals surface area contributed by atoms with E-state index in [1.807, 2.05) is 19.9 Å². The van der Waals surface area contributed by atoms with Crippen LogP contribution >= 0.6 is 0 Å². The first-order chi connectivity index (χ1) is 16.9. The number of ether oxygens (including phenoxy) is 1. The maximum atomic E-state index is 13.3. The van der Waals surface area contributed by atoms with Crippen LogP contribution in [0.15, 0.2) is 47.5 Å². The molecule has 4 aromatic rings. The number of hydrogen-bond donors (Lipinski definition) is 3. The van der Waals surface area contributed by atoms with E-state index < -0.39 is 5.60 Å². The van der Waals surface area contributed by atoms with E-state index in [1.54, 1.807) is 33.9 Å². The fraction of sp³-hybridized carbons (Fsp3) is 0.360. The quantitative estimate of drug-likeness (QED) is 0.404. The molecule has 2 aliphatic heterocycles. The normalized spacial score (nSPS) is 16.8. The van der Waals surface area contributed by atoms with Crippen LogP contribution in [0.2, 0.25) is 0 Å². The summed E-state index contributed by atoms with van der Waals surface area (Å²) in [5, 5.41) is 17.8. The minimum atomic E-state index is -1.12. The average Bonchev–Trinajstić information content (AvgIpc) is 3.14. The maximum Gasteiger partial charge on any atom is 0.278 e. The van der Waals surface area contributed by atoms with Gasteiger partial charge >= 0.3 is 0 Å². The number of aromatic nitrogens is 5. The molecule has 10 heteroatoms. The summed E-state index contributed by atoms with van der Waals surface area (Å²) >= 11 is 0. The molecule has 0 radical (unpaired) electrons. The number of anilines is 2. The molecule has 35 heavy (non-hydrogen) atoms. The fourth-order valence-electron chi connectivity index (χ4n) is 4.71. The second-order valence-corrected chi connectivity index (χ2v) is 9.45. The molecule has 5 heterocycles. The van der Waals surface area contributed by atoms with Crippen LogP contribution in [0.3, 0.4) is 0 Å². The van der Waals surface area contributed by atoms with Gasteiger partial charge in [-0.2, -0.15) is 4.98 Å². The Morgan fingerprint density at radius 2 is 2.03 bits per heavy atom. The molecule has 3 aromatic heterocycles. The molecule has 0 aliphatic carbocycles. The van der Waals surface area contributed by atoms with Gasteiger partial charge in [0.25, 0.3) is 5.56 Å². The highest BCUT2D eigenvalue weighted by Crippen LogP contribution is 2.30. The summed E-state index contributed by atoms with van der Waals surface area (Å²) < 4.78 is 8.62. The zero-order valence-electron chi connectivity index (χ0n) is 19.7. The fourth-order valence-corrected chi connectivity index (χ4v) is 4.71. The highest BCUT2D eigenvalue weighted by molar-refractivity contribution is 5.77. The lowest BCUT2D eigenvalue weighted by molar-refractivity contribution is -0.186. The van der Waals surface area contributed by atoms with Crippen molar-refractivity contribution in [1.82, 2.24) is 29.6 Å². The lowest BCUT2D eigenvalue weighted by Crippen LogP contribution is -2.47. The Balaban J connectivity index is 1.45. The number of hydrogen-bond acceptors (Lipinski definition) is 8. The van der Waals surface area contributed by atoms with Gasteiger partial charge in [0.05, 0.1) is 24.6 Å². The molecule has 10 nitrogen and oxygen atoms in total. The third-order valence-corrected chi connectivity index (χ3v) is 6.61. The van der Waals surface area contributed by atoms with Crippen molar-refractivity contribution in [2.45, 2.75) is 38.5 Å². The number of benzene rings is 1. The number of nitrogens with one attached hydrogen (secondary N) is 2. The number of nitrogens with zero attached hydrogens (tertiary/aromatic N) is 5. The van der Waals surface area contributed by atoms with Crippen LogP contribution < -0.4 is 16.2 Å². The van der Waals surface area contributed by atoms with Gasteiger partial charge in [-0.15, -0.1) is 0 Å². The molecule has 180 valence electrons. The molecule has 1 fully saturated rings. The van der Waals surface area contributed by atoms with Crippen molar-refractivity contribution in [3.05, 3.63) is 69.9 Å². The number of rotatable bonds is 5. The van der Waals surface area contributed by atoms with Crippen LogP contribution in [0.5, 0.6) is 0 Å². The minimum Gasteiger partial charge on any atom is -0.379 e. The molecular formula is C25H27N7O3. The van der Waals surface area contributed by atoms with Crippen molar-refractivity contribution in [3.8, 4) is 5.69 Å². The van der Waals surface area contributed by atoms with E-state index in [0.29, 0.717) is 28.4 Å². The summed E-state index contributed by atoms with van der Waals surface area (Å²) in [7, 11) is 0. The second kappa shape index (κ2) is 8.26. The van der Waals surface area contributed by atoms with Crippen molar-refractivity contribution >= 4 is 22.7 Å². The van der Waals surface area contributed by atoms with Crippen LogP contribution in [0.25, 0.3) is 16.7 Å².